The van der Waals surface area contributed by atoms with Gasteiger partial charge in [0, 0.05) is 48.0 Å². The third-order valence-electron chi connectivity index (χ3n) is 8.57. The van der Waals surface area contributed by atoms with Gasteiger partial charge in [-0.2, -0.15) is 26.9 Å². The second kappa shape index (κ2) is 15.3. The lowest BCUT2D eigenvalue weighted by Gasteiger charge is -2.53. The lowest BCUT2D eigenvalue weighted by atomic mass is 9.77. The molecular formula is C31H43F7N6O4. The van der Waals surface area contributed by atoms with E-state index in [4.69, 9.17) is 19.4 Å². The fraction of sp³-hybridized carbons (Fsp3) is 0.645. The van der Waals surface area contributed by atoms with Crippen LogP contribution in [0.4, 0.5) is 48.2 Å². The minimum Gasteiger partial charge on any atom is -0.483 e. The first-order valence-electron chi connectivity index (χ1n) is 15.3. The van der Waals surface area contributed by atoms with Crippen LogP contribution in [0, 0.1) is 5.82 Å². The van der Waals surface area contributed by atoms with Gasteiger partial charge in [0.2, 0.25) is 5.95 Å². The molecule has 2 aromatic rings. The van der Waals surface area contributed by atoms with Crippen molar-refractivity contribution in [1.29, 1.82) is 0 Å². The standard InChI is InChI=1S/C29H42F4N6O2.C2HF3O2/c1-17(2)39-11-10-22(21(31)16-39)40-23-9-8-18(12-24(23)41-26(32)33)36-27-34-15-20(30)25(37-27)35-19-13-28(3,4)38(7)29(5,6)14-19;3-2(4,5)1(6)7/h8-9,12,15,17,19,21-22,26H,10-11,13-14,16H2,1-7H3,(H2,34,35,36,37);(H,6,7). The number of benzene rings is 1. The maximum atomic E-state index is 14.8. The van der Waals surface area contributed by atoms with Gasteiger partial charge in [0.1, 0.15) is 12.3 Å². The predicted molar refractivity (Wildman–Crippen MR) is 165 cm³/mol. The van der Waals surface area contributed by atoms with Gasteiger partial charge < -0.3 is 25.2 Å². The van der Waals surface area contributed by atoms with Crippen LogP contribution in [0.3, 0.4) is 0 Å². The van der Waals surface area contributed by atoms with Crippen LogP contribution in [0.1, 0.15) is 60.8 Å². The van der Waals surface area contributed by atoms with E-state index >= 15 is 0 Å². The van der Waals surface area contributed by atoms with Crippen molar-refractivity contribution in [2.45, 2.75) is 109 Å². The van der Waals surface area contributed by atoms with Gasteiger partial charge in [0.05, 0.1) is 6.20 Å². The molecule has 2 unspecified atom stereocenters. The molecule has 0 spiro atoms. The fourth-order valence-electron chi connectivity index (χ4n) is 5.87. The zero-order valence-electron chi connectivity index (χ0n) is 27.8. The first-order valence-corrected chi connectivity index (χ1v) is 15.3. The molecule has 17 heteroatoms. The molecule has 270 valence electrons. The Bertz CT molecular complexity index is 1380. The van der Waals surface area contributed by atoms with Crippen LogP contribution in [0.2, 0.25) is 0 Å². The van der Waals surface area contributed by atoms with Gasteiger partial charge in [-0.25, -0.2) is 18.6 Å². The van der Waals surface area contributed by atoms with Crippen molar-refractivity contribution in [3.63, 3.8) is 0 Å². The van der Waals surface area contributed by atoms with Crippen molar-refractivity contribution in [1.82, 2.24) is 19.8 Å². The number of carboxylic acids is 1. The number of alkyl halides is 6. The summed E-state index contributed by atoms with van der Waals surface area (Å²) < 4.78 is 98.3. The van der Waals surface area contributed by atoms with Gasteiger partial charge in [0.25, 0.3) is 0 Å². The van der Waals surface area contributed by atoms with E-state index in [1.807, 2.05) is 18.7 Å². The number of halogens is 7. The number of anilines is 3. The van der Waals surface area contributed by atoms with Crippen LogP contribution in [-0.2, 0) is 4.79 Å². The summed E-state index contributed by atoms with van der Waals surface area (Å²) in [7, 11) is 2.09. The predicted octanol–water partition coefficient (Wildman–Crippen LogP) is 6.86. The topological polar surface area (TPSA) is 112 Å². The van der Waals surface area contributed by atoms with E-state index in [1.165, 1.54) is 12.1 Å². The monoisotopic (exact) mass is 696 g/mol. The molecule has 0 radical (unpaired) electrons. The number of aliphatic carboxylic acids is 1. The summed E-state index contributed by atoms with van der Waals surface area (Å²) in [5.41, 5.74) is 0.101. The SMILES string of the molecule is CC(C)N1CCC(Oc2ccc(Nc3ncc(F)c(NC4CC(C)(C)N(C)C(C)(C)C4)n3)cc2OC(F)F)C(F)C1.O=C(O)C(F)(F)F. The molecule has 2 atom stereocenters. The van der Waals surface area contributed by atoms with Gasteiger partial charge in [-0.3, -0.25) is 9.80 Å². The number of nitrogens with one attached hydrogen (secondary N) is 2. The Hall–Kier alpha value is -3.60. The normalized spacial score (nSPS) is 21.8. The molecule has 2 aliphatic rings. The van der Waals surface area contributed by atoms with Crippen molar-refractivity contribution in [2.24, 2.45) is 0 Å². The Morgan fingerprint density at radius 2 is 1.71 bits per heavy atom. The quantitative estimate of drug-likeness (QED) is 0.241. The molecule has 0 amide bonds. The highest BCUT2D eigenvalue weighted by atomic mass is 19.4. The number of nitrogens with zero attached hydrogens (tertiary/aromatic N) is 4. The maximum absolute atomic E-state index is 14.8. The van der Waals surface area contributed by atoms with Gasteiger partial charge in [0.15, 0.2) is 23.1 Å². The molecule has 3 N–H and O–H groups in total. The number of hydrogen-bond acceptors (Lipinski definition) is 9. The molecule has 0 aliphatic carbocycles. The lowest BCUT2D eigenvalue weighted by Crippen LogP contribution is -2.61. The molecule has 2 fully saturated rings. The smallest absolute Gasteiger partial charge is 0.483 e. The average Bonchev–Trinajstić information content (AvgIpc) is 2.95. The van der Waals surface area contributed by atoms with E-state index in [1.54, 1.807) is 6.07 Å². The first kappa shape index (κ1) is 38.8. The van der Waals surface area contributed by atoms with E-state index in [0.29, 0.717) is 18.7 Å². The Morgan fingerprint density at radius 3 is 2.23 bits per heavy atom. The van der Waals surface area contributed by atoms with E-state index in [2.05, 4.69) is 60.2 Å². The Kier molecular flexibility index (Phi) is 12.4. The summed E-state index contributed by atoms with van der Waals surface area (Å²) in [6.45, 7) is 10.3. The van der Waals surface area contributed by atoms with E-state index < -0.39 is 36.8 Å². The highest BCUT2D eigenvalue weighted by Gasteiger charge is 2.43. The number of aromatic nitrogens is 2. The van der Waals surface area contributed by atoms with Crippen LogP contribution in [0.25, 0.3) is 0 Å². The molecule has 3 heterocycles. The molecule has 0 bridgehead atoms. The van der Waals surface area contributed by atoms with Crippen molar-refractivity contribution in [3.8, 4) is 11.5 Å². The van der Waals surface area contributed by atoms with Crippen LogP contribution >= 0.6 is 0 Å². The number of piperidine rings is 2. The number of carboxylic acid groups (broad SMARTS) is 1. The number of carbonyl (C=O) groups is 1. The highest BCUT2D eigenvalue weighted by molar-refractivity contribution is 5.73. The van der Waals surface area contributed by atoms with Crippen LogP contribution < -0.4 is 20.1 Å². The van der Waals surface area contributed by atoms with Crippen LogP contribution in [-0.4, -0.2) is 99.2 Å². The third-order valence-corrected chi connectivity index (χ3v) is 8.57. The number of ether oxygens (including phenoxy) is 2. The maximum Gasteiger partial charge on any atom is 0.490 e. The summed E-state index contributed by atoms with van der Waals surface area (Å²) in [6.07, 6.45) is -4.11. The minimum absolute atomic E-state index is 0.0105. The van der Waals surface area contributed by atoms with Gasteiger partial charge in [-0.15, -0.1) is 0 Å². The molecule has 2 aliphatic heterocycles. The van der Waals surface area contributed by atoms with E-state index in [9.17, 15) is 30.7 Å². The summed E-state index contributed by atoms with van der Waals surface area (Å²) in [5, 5.41) is 13.3. The van der Waals surface area contributed by atoms with Crippen LogP contribution in [0.15, 0.2) is 24.4 Å². The summed E-state index contributed by atoms with van der Waals surface area (Å²) >= 11 is 0. The van der Waals surface area contributed by atoms with Gasteiger partial charge in [-0.1, -0.05) is 0 Å². The van der Waals surface area contributed by atoms with E-state index in [0.717, 1.165) is 19.0 Å². The Balaban J connectivity index is 0.000000804. The average molecular weight is 697 g/mol. The van der Waals surface area contributed by atoms with Crippen LogP contribution in [0.5, 0.6) is 11.5 Å². The Labute approximate surface area is 275 Å². The minimum atomic E-state index is -5.08. The van der Waals surface area contributed by atoms with Crippen molar-refractivity contribution in [2.75, 3.05) is 30.8 Å². The first-order chi connectivity index (χ1) is 22.1. The van der Waals surface area contributed by atoms with E-state index in [-0.39, 0.29) is 53.0 Å². The summed E-state index contributed by atoms with van der Waals surface area (Å²) in [5.74, 6) is -3.47. The number of likely N-dealkylation sites (tertiary alicyclic amines) is 2. The number of hydrogen-bond donors (Lipinski definition) is 3. The summed E-state index contributed by atoms with van der Waals surface area (Å²) in [6, 6.07) is 4.48. The molecular weight excluding hydrogens is 653 g/mol. The molecule has 1 aromatic carbocycles. The second-order valence-electron chi connectivity index (χ2n) is 13.3. The fourth-order valence-corrected chi connectivity index (χ4v) is 5.87. The zero-order chi connectivity index (χ0) is 36.2. The largest absolute Gasteiger partial charge is 0.490 e. The molecule has 1 aromatic heterocycles. The zero-order valence-corrected chi connectivity index (χ0v) is 27.8. The van der Waals surface area contributed by atoms with Crippen molar-refractivity contribution in [3.05, 3.63) is 30.2 Å². The number of rotatable bonds is 9. The lowest BCUT2D eigenvalue weighted by molar-refractivity contribution is -0.192. The Morgan fingerprint density at radius 1 is 1.10 bits per heavy atom. The third kappa shape index (κ3) is 10.4. The van der Waals surface area contributed by atoms with Gasteiger partial charge in [-0.05, 0) is 80.0 Å². The summed E-state index contributed by atoms with van der Waals surface area (Å²) in [4.78, 5) is 21.6. The highest BCUT2D eigenvalue weighted by Crippen LogP contribution is 2.39. The van der Waals surface area contributed by atoms with Crippen molar-refractivity contribution >= 4 is 23.4 Å². The van der Waals surface area contributed by atoms with Crippen molar-refractivity contribution < 1.29 is 50.1 Å². The molecule has 10 nitrogen and oxygen atoms in total. The second-order valence-corrected chi connectivity index (χ2v) is 13.3. The molecule has 4 rings (SSSR count). The molecule has 48 heavy (non-hydrogen) atoms. The van der Waals surface area contributed by atoms with Gasteiger partial charge >= 0.3 is 18.8 Å². The molecule has 2 saturated heterocycles. The molecule has 0 saturated carbocycles.